The number of anilines is 1. The summed E-state index contributed by atoms with van der Waals surface area (Å²) in [5, 5.41) is 15.1. The molecule has 112 valence electrons. The number of hydrogen-bond acceptors (Lipinski definition) is 6. The van der Waals surface area contributed by atoms with Gasteiger partial charge in [0, 0.05) is 25.2 Å². The Bertz CT molecular complexity index is 446. The van der Waals surface area contributed by atoms with Gasteiger partial charge in [-0.3, -0.25) is 9.69 Å². The highest BCUT2D eigenvalue weighted by Crippen LogP contribution is 2.26. The van der Waals surface area contributed by atoms with Gasteiger partial charge in [0.15, 0.2) is 0 Å². The molecule has 1 heterocycles. The summed E-state index contributed by atoms with van der Waals surface area (Å²) in [5.41, 5.74) is 0. The molecule has 6 nitrogen and oxygen atoms in total. The SMILES string of the molecule is CCCNc1nnc(C(=O)NCC(C)N(C)C2CC2)s1. The molecular weight excluding hydrogens is 274 g/mol. The van der Waals surface area contributed by atoms with Crippen molar-refractivity contribution in [1.82, 2.24) is 20.4 Å². The molecule has 0 bridgehead atoms. The van der Waals surface area contributed by atoms with Crippen molar-refractivity contribution >= 4 is 22.4 Å². The van der Waals surface area contributed by atoms with E-state index in [0.29, 0.717) is 28.8 Å². The lowest BCUT2D eigenvalue weighted by Gasteiger charge is -2.24. The Morgan fingerprint density at radius 1 is 1.50 bits per heavy atom. The second kappa shape index (κ2) is 6.99. The topological polar surface area (TPSA) is 70.1 Å². The van der Waals surface area contributed by atoms with Crippen LogP contribution in [0.4, 0.5) is 5.13 Å². The van der Waals surface area contributed by atoms with Crippen LogP contribution in [0.15, 0.2) is 0 Å². The van der Waals surface area contributed by atoms with E-state index in [1.807, 2.05) is 0 Å². The maximum Gasteiger partial charge on any atom is 0.282 e. The van der Waals surface area contributed by atoms with Crippen molar-refractivity contribution in [2.45, 2.75) is 45.2 Å². The zero-order valence-corrected chi connectivity index (χ0v) is 13.2. The lowest BCUT2D eigenvalue weighted by atomic mass is 10.3. The maximum absolute atomic E-state index is 12.0. The first-order valence-electron chi connectivity index (χ1n) is 7.19. The maximum atomic E-state index is 12.0. The second-order valence-corrected chi connectivity index (χ2v) is 6.27. The van der Waals surface area contributed by atoms with Gasteiger partial charge in [0.1, 0.15) is 0 Å². The minimum Gasteiger partial charge on any atom is -0.360 e. The van der Waals surface area contributed by atoms with Crippen LogP contribution in [0.25, 0.3) is 0 Å². The van der Waals surface area contributed by atoms with Gasteiger partial charge in [0.25, 0.3) is 5.91 Å². The van der Waals surface area contributed by atoms with E-state index in [2.05, 4.69) is 46.6 Å². The molecule has 0 aromatic carbocycles. The molecule has 7 heteroatoms. The average molecular weight is 297 g/mol. The lowest BCUT2D eigenvalue weighted by Crippen LogP contribution is -2.41. The van der Waals surface area contributed by atoms with Crippen LogP contribution in [0.1, 0.15) is 42.9 Å². The van der Waals surface area contributed by atoms with Gasteiger partial charge in [0.05, 0.1) is 0 Å². The Labute approximate surface area is 124 Å². The van der Waals surface area contributed by atoms with Gasteiger partial charge >= 0.3 is 0 Å². The predicted octanol–water partition coefficient (Wildman–Crippen LogP) is 1.57. The van der Waals surface area contributed by atoms with Crippen LogP contribution >= 0.6 is 11.3 Å². The zero-order valence-electron chi connectivity index (χ0n) is 12.3. The van der Waals surface area contributed by atoms with Crippen LogP contribution in [0.5, 0.6) is 0 Å². The third-order valence-corrected chi connectivity index (χ3v) is 4.40. The highest BCUT2D eigenvalue weighted by Gasteiger charge is 2.29. The second-order valence-electron chi connectivity index (χ2n) is 5.29. The van der Waals surface area contributed by atoms with Gasteiger partial charge in [0.2, 0.25) is 10.1 Å². The quantitative estimate of drug-likeness (QED) is 0.762. The highest BCUT2D eigenvalue weighted by molar-refractivity contribution is 7.17. The number of rotatable bonds is 8. The molecule has 1 unspecified atom stereocenters. The number of carbonyl (C=O) groups excluding carboxylic acids is 1. The van der Waals surface area contributed by atoms with E-state index in [0.717, 1.165) is 13.0 Å². The van der Waals surface area contributed by atoms with Crippen molar-refractivity contribution in [3.8, 4) is 0 Å². The van der Waals surface area contributed by atoms with Gasteiger partial charge in [-0.2, -0.15) is 0 Å². The van der Waals surface area contributed by atoms with Crippen molar-refractivity contribution in [2.24, 2.45) is 0 Å². The van der Waals surface area contributed by atoms with Gasteiger partial charge < -0.3 is 10.6 Å². The van der Waals surface area contributed by atoms with E-state index in [4.69, 9.17) is 0 Å². The van der Waals surface area contributed by atoms with Crippen molar-refractivity contribution < 1.29 is 4.79 Å². The fraction of sp³-hybridized carbons (Fsp3) is 0.769. The molecule has 0 saturated heterocycles. The Morgan fingerprint density at radius 2 is 2.25 bits per heavy atom. The van der Waals surface area contributed by atoms with Crippen molar-refractivity contribution in [1.29, 1.82) is 0 Å². The van der Waals surface area contributed by atoms with Gasteiger partial charge in [-0.25, -0.2) is 0 Å². The number of likely N-dealkylation sites (N-methyl/N-ethyl adjacent to an activating group) is 1. The number of amides is 1. The number of carbonyl (C=O) groups is 1. The Kier molecular flexibility index (Phi) is 5.31. The summed E-state index contributed by atoms with van der Waals surface area (Å²) in [6.07, 6.45) is 3.57. The molecule has 1 fully saturated rings. The van der Waals surface area contributed by atoms with Crippen LogP contribution in [0, 0.1) is 0 Å². The number of aromatic nitrogens is 2. The summed E-state index contributed by atoms with van der Waals surface area (Å²) in [5.74, 6) is -0.136. The van der Waals surface area contributed by atoms with E-state index in [9.17, 15) is 4.79 Å². The molecule has 2 N–H and O–H groups in total. The van der Waals surface area contributed by atoms with E-state index < -0.39 is 0 Å². The number of hydrogen-bond donors (Lipinski definition) is 2. The van der Waals surface area contributed by atoms with Crippen LogP contribution < -0.4 is 10.6 Å². The largest absolute Gasteiger partial charge is 0.360 e. The van der Waals surface area contributed by atoms with Crippen LogP contribution in [-0.2, 0) is 0 Å². The van der Waals surface area contributed by atoms with Crippen LogP contribution in [-0.4, -0.2) is 53.2 Å². The first-order valence-corrected chi connectivity index (χ1v) is 8.01. The van der Waals surface area contributed by atoms with Gasteiger partial charge in [-0.05, 0) is 33.2 Å². The lowest BCUT2D eigenvalue weighted by molar-refractivity contribution is 0.0938. The summed E-state index contributed by atoms with van der Waals surface area (Å²) < 4.78 is 0. The zero-order chi connectivity index (χ0) is 14.5. The van der Waals surface area contributed by atoms with Crippen LogP contribution in [0.3, 0.4) is 0 Å². The molecular formula is C13H23N5OS. The molecule has 0 spiro atoms. The fourth-order valence-corrected chi connectivity index (χ4v) is 2.61. The smallest absolute Gasteiger partial charge is 0.282 e. The first-order chi connectivity index (χ1) is 9.61. The summed E-state index contributed by atoms with van der Waals surface area (Å²) in [6, 6.07) is 1.05. The number of nitrogens with one attached hydrogen (secondary N) is 2. The minimum atomic E-state index is -0.136. The van der Waals surface area contributed by atoms with E-state index >= 15 is 0 Å². The monoisotopic (exact) mass is 297 g/mol. The van der Waals surface area contributed by atoms with Gasteiger partial charge in [-0.1, -0.05) is 18.3 Å². The summed E-state index contributed by atoms with van der Waals surface area (Å²) in [4.78, 5) is 14.3. The van der Waals surface area contributed by atoms with Crippen molar-refractivity contribution in [3.05, 3.63) is 5.01 Å². The Hall–Kier alpha value is -1.21. The van der Waals surface area contributed by atoms with Gasteiger partial charge in [-0.15, -0.1) is 10.2 Å². The molecule has 1 amide bonds. The third-order valence-electron chi connectivity index (χ3n) is 3.52. The molecule has 1 atom stereocenters. The molecule has 1 saturated carbocycles. The minimum absolute atomic E-state index is 0.136. The molecule has 1 aliphatic carbocycles. The van der Waals surface area contributed by atoms with E-state index in [1.54, 1.807) is 0 Å². The average Bonchev–Trinajstić information content (AvgIpc) is 3.19. The standard InChI is InChI=1S/C13H23N5OS/c1-4-7-14-13-17-16-12(20-13)11(19)15-8-9(2)18(3)10-5-6-10/h9-10H,4-8H2,1-3H3,(H,14,17)(H,15,19). The third kappa shape index (κ3) is 4.14. The predicted molar refractivity (Wildman–Crippen MR) is 81.3 cm³/mol. The highest BCUT2D eigenvalue weighted by atomic mass is 32.1. The Morgan fingerprint density at radius 3 is 2.90 bits per heavy atom. The molecule has 20 heavy (non-hydrogen) atoms. The summed E-state index contributed by atoms with van der Waals surface area (Å²) in [7, 11) is 2.12. The molecule has 2 rings (SSSR count). The fourth-order valence-electron chi connectivity index (χ4n) is 1.92. The molecule has 1 aliphatic rings. The van der Waals surface area contributed by atoms with E-state index in [-0.39, 0.29) is 5.91 Å². The molecule has 1 aromatic heterocycles. The summed E-state index contributed by atoms with van der Waals surface area (Å²) >= 11 is 1.30. The van der Waals surface area contributed by atoms with Crippen molar-refractivity contribution in [2.75, 3.05) is 25.5 Å². The normalized spacial score (nSPS) is 16.2. The molecule has 0 aliphatic heterocycles. The molecule has 1 aromatic rings. The number of nitrogens with zero attached hydrogens (tertiary/aromatic N) is 3. The Balaban J connectivity index is 1.77. The van der Waals surface area contributed by atoms with Crippen molar-refractivity contribution in [3.63, 3.8) is 0 Å². The summed E-state index contributed by atoms with van der Waals surface area (Å²) in [6.45, 7) is 5.70. The first kappa shape index (κ1) is 15.2. The van der Waals surface area contributed by atoms with Crippen LogP contribution in [0.2, 0.25) is 0 Å². The van der Waals surface area contributed by atoms with E-state index in [1.165, 1.54) is 24.2 Å². The molecule has 0 radical (unpaired) electrons.